The number of aromatic nitrogens is 2. The second-order valence-electron chi connectivity index (χ2n) is 12.1. The van der Waals surface area contributed by atoms with Crippen LogP contribution in [-0.2, 0) is 5.40 Å². The number of hydrogen-bond donors (Lipinski definition) is 1. The third-order valence-corrected chi connectivity index (χ3v) is 8.73. The molecule has 7 aromatic carbocycles. The average molecular weight is 576 g/mol. The Kier molecular flexibility index (Phi) is 6.44. The molecule has 3 nitrogen and oxygen atoms in total. The highest BCUT2D eigenvalue weighted by molar-refractivity contribution is 6.38. The van der Waals surface area contributed by atoms with Crippen LogP contribution in [0.25, 0.3) is 71.6 Å². The zero-order valence-corrected chi connectivity index (χ0v) is 25.3. The van der Waals surface area contributed by atoms with Crippen LogP contribution in [0.2, 0.25) is 0 Å². The molecule has 8 rings (SSSR count). The third-order valence-electron chi connectivity index (χ3n) is 8.73. The van der Waals surface area contributed by atoms with Gasteiger partial charge in [0.15, 0.2) is 0 Å². The van der Waals surface area contributed by atoms with Gasteiger partial charge in [0.1, 0.15) is 21.5 Å². The molecule has 0 fully saturated rings. The number of rotatable bonds is 5. The third kappa shape index (κ3) is 4.56. The van der Waals surface area contributed by atoms with Crippen LogP contribution >= 0.6 is 0 Å². The summed E-state index contributed by atoms with van der Waals surface area (Å²) in [6.07, 6.45) is 0. The van der Waals surface area contributed by atoms with E-state index in [9.17, 15) is 5.11 Å². The minimum atomic E-state index is -1.15. The van der Waals surface area contributed by atoms with Crippen LogP contribution in [0, 0.1) is 0 Å². The highest BCUT2D eigenvalue weighted by Crippen LogP contribution is 2.45. The lowest BCUT2D eigenvalue weighted by molar-refractivity contribution is 0.205. The van der Waals surface area contributed by atoms with E-state index >= 15 is 0 Å². The van der Waals surface area contributed by atoms with E-state index in [1.165, 1.54) is 49.4 Å². The van der Waals surface area contributed by atoms with E-state index in [0.29, 0.717) is 5.82 Å². The minimum Gasteiger partial charge on any atom is -0.400 e. The Hall–Kier alpha value is -5.38. The number of benzene rings is 7. The molecule has 45 heavy (non-hydrogen) atoms. The monoisotopic (exact) mass is 576 g/mol. The second-order valence-corrected chi connectivity index (χ2v) is 12.1. The van der Waals surface area contributed by atoms with Crippen LogP contribution in [0.15, 0.2) is 152 Å². The fourth-order valence-electron chi connectivity index (χ4n) is 6.75. The van der Waals surface area contributed by atoms with Gasteiger partial charge in [0.05, 0.1) is 22.1 Å². The van der Waals surface area contributed by atoms with Gasteiger partial charge in [-0.25, -0.2) is 4.98 Å². The van der Waals surface area contributed by atoms with Crippen molar-refractivity contribution in [3.8, 4) is 39.1 Å². The van der Waals surface area contributed by atoms with Crippen LogP contribution in [0.4, 0.5) is 0 Å². The smallest absolute Gasteiger partial charge is 0.141 e. The second kappa shape index (κ2) is 10.7. The van der Waals surface area contributed by atoms with Gasteiger partial charge in [-0.3, -0.25) is 4.57 Å². The largest absolute Gasteiger partial charge is 0.400 e. The van der Waals surface area contributed by atoms with Gasteiger partial charge >= 0.3 is 0 Å². The molecule has 1 heterocycles. The molecule has 212 valence electrons. The molecular weight excluding hydrogens is 546 g/mol. The number of hydrogen-bond acceptors (Lipinski definition) is 2. The average Bonchev–Trinajstić information content (AvgIpc) is 3.48. The molecule has 0 spiro atoms. The Morgan fingerprint density at radius 3 is 1.62 bits per heavy atom. The van der Waals surface area contributed by atoms with Crippen molar-refractivity contribution < 1.29 is 5.11 Å². The van der Waals surface area contributed by atoms with Crippen molar-refractivity contribution in [1.29, 1.82) is 0 Å². The van der Waals surface area contributed by atoms with Gasteiger partial charge < -0.3 is 5.11 Å². The van der Waals surface area contributed by atoms with Gasteiger partial charge in [0, 0.05) is 5.56 Å². The SMILES string of the molecule is BC(B)(O)c1nc2ccccc2n1-c1ccccc1-c1c2ccccc2c(-c2ccc(-c3ccccc3)cc2)c2ccccc12. The van der Waals surface area contributed by atoms with Crippen LogP contribution in [0.3, 0.4) is 0 Å². The minimum absolute atomic E-state index is 0.611. The Bertz CT molecular complexity index is 2300. The van der Waals surface area contributed by atoms with Crippen molar-refractivity contribution in [2.24, 2.45) is 0 Å². The lowest BCUT2D eigenvalue weighted by atomic mass is 9.65. The topological polar surface area (TPSA) is 38.1 Å². The number of fused-ring (bicyclic) bond motifs is 3. The van der Waals surface area contributed by atoms with Crippen LogP contribution < -0.4 is 0 Å². The molecule has 0 aliphatic carbocycles. The van der Waals surface area contributed by atoms with Gasteiger partial charge in [-0.15, -0.1) is 0 Å². The first kappa shape index (κ1) is 27.2. The summed E-state index contributed by atoms with van der Waals surface area (Å²) in [4.78, 5) is 4.92. The Labute approximate surface area is 264 Å². The molecule has 0 saturated heterocycles. The van der Waals surface area contributed by atoms with Crippen LogP contribution in [-0.4, -0.2) is 30.4 Å². The molecule has 0 bridgehead atoms. The van der Waals surface area contributed by atoms with Crippen molar-refractivity contribution in [2.45, 2.75) is 5.40 Å². The van der Waals surface area contributed by atoms with E-state index in [1.807, 2.05) is 18.2 Å². The number of nitrogens with zero attached hydrogens (tertiary/aromatic N) is 2. The molecule has 0 saturated carbocycles. The summed E-state index contributed by atoms with van der Waals surface area (Å²) in [5, 5.41) is 14.9. The molecule has 8 aromatic rings. The normalized spacial score (nSPS) is 11.8. The van der Waals surface area contributed by atoms with E-state index in [0.717, 1.165) is 22.3 Å². The van der Waals surface area contributed by atoms with E-state index in [-0.39, 0.29) is 0 Å². The van der Waals surface area contributed by atoms with Crippen molar-refractivity contribution in [2.75, 3.05) is 0 Å². The predicted octanol–water partition coefficient (Wildman–Crippen LogP) is 7.70. The van der Waals surface area contributed by atoms with Crippen molar-refractivity contribution >= 4 is 48.3 Å². The summed E-state index contributed by atoms with van der Waals surface area (Å²) in [5.41, 5.74) is 9.89. The summed E-state index contributed by atoms with van der Waals surface area (Å²) >= 11 is 0. The van der Waals surface area contributed by atoms with Crippen molar-refractivity contribution in [3.63, 3.8) is 0 Å². The first-order valence-electron chi connectivity index (χ1n) is 15.4. The maximum atomic E-state index is 11.3. The van der Waals surface area contributed by atoms with Crippen LogP contribution in [0.5, 0.6) is 0 Å². The predicted molar refractivity (Wildman–Crippen MR) is 193 cm³/mol. The van der Waals surface area contributed by atoms with E-state index < -0.39 is 5.40 Å². The maximum Gasteiger partial charge on any atom is 0.141 e. The Morgan fingerprint density at radius 1 is 0.489 bits per heavy atom. The molecule has 0 aliphatic heterocycles. The van der Waals surface area contributed by atoms with Gasteiger partial charge in [0.25, 0.3) is 0 Å². The van der Waals surface area contributed by atoms with Gasteiger partial charge in [0.2, 0.25) is 0 Å². The molecule has 0 aliphatic rings. The molecule has 0 radical (unpaired) electrons. The zero-order valence-electron chi connectivity index (χ0n) is 25.3. The molecule has 1 N–H and O–H groups in total. The standard InChI is InChI=1S/C40H30B2N2O/c41-40(42,45)39-43-34-19-9-11-21-36(34)44(39)35-20-10-8-18-33(35)38-31-16-6-4-14-29(31)37(30-15-5-7-17-32(30)38)28-24-22-27(23-25-28)26-12-2-1-3-13-26/h1-25,45H,41-42H2. The van der Waals surface area contributed by atoms with E-state index in [2.05, 4.69) is 138 Å². The first-order chi connectivity index (χ1) is 22.0. The molecule has 1 aromatic heterocycles. The lowest BCUT2D eigenvalue weighted by Crippen LogP contribution is -2.30. The first-order valence-corrected chi connectivity index (χ1v) is 15.4. The molecule has 5 heteroatoms. The molecule has 0 amide bonds. The van der Waals surface area contributed by atoms with Gasteiger partial charge in [-0.2, -0.15) is 0 Å². The maximum absolute atomic E-state index is 11.3. The Morgan fingerprint density at radius 2 is 0.978 bits per heavy atom. The lowest BCUT2D eigenvalue weighted by Gasteiger charge is -2.23. The fraction of sp³-hybridized carbons (Fsp3) is 0.0250. The van der Waals surface area contributed by atoms with Gasteiger partial charge in [-0.05, 0) is 67.6 Å². The summed E-state index contributed by atoms with van der Waals surface area (Å²) in [6.45, 7) is 0. The van der Waals surface area contributed by atoms with E-state index in [1.54, 1.807) is 15.7 Å². The molecule has 0 unspecified atom stereocenters. The van der Waals surface area contributed by atoms with Crippen LogP contribution in [0.1, 0.15) is 5.82 Å². The Balaban J connectivity index is 1.42. The summed E-state index contributed by atoms with van der Waals surface area (Å²) in [6, 6.07) is 53.5. The highest BCUT2D eigenvalue weighted by Gasteiger charge is 2.27. The quantitative estimate of drug-likeness (QED) is 0.169. The molecule has 0 atom stereocenters. The van der Waals surface area contributed by atoms with Crippen molar-refractivity contribution in [1.82, 2.24) is 9.55 Å². The number of para-hydroxylation sites is 3. The van der Waals surface area contributed by atoms with Gasteiger partial charge in [-0.1, -0.05) is 133 Å². The zero-order chi connectivity index (χ0) is 30.5. The molecular formula is C40H30B2N2O. The fourth-order valence-corrected chi connectivity index (χ4v) is 6.75. The number of imidazole rings is 1. The number of aliphatic hydroxyl groups is 1. The summed E-state index contributed by atoms with van der Waals surface area (Å²) in [7, 11) is 3.60. The summed E-state index contributed by atoms with van der Waals surface area (Å²) in [5.74, 6) is 0.611. The highest BCUT2D eigenvalue weighted by atomic mass is 16.3. The summed E-state index contributed by atoms with van der Waals surface area (Å²) < 4.78 is 2.13. The van der Waals surface area contributed by atoms with Crippen molar-refractivity contribution in [3.05, 3.63) is 157 Å². The van der Waals surface area contributed by atoms with E-state index in [4.69, 9.17) is 4.98 Å².